The van der Waals surface area contributed by atoms with Crippen molar-refractivity contribution in [2.75, 3.05) is 10.5 Å². The van der Waals surface area contributed by atoms with Gasteiger partial charge in [-0.2, -0.15) is 5.10 Å². The van der Waals surface area contributed by atoms with Gasteiger partial charge in [0, 0.05) is 12.7 Å². The van der Waals surface area contributed by atoms with Crippen LogP contribution in [0.3, 0.4) is 0 Å². The van der Waals surface area contributed by atoms with Crippen LogP contribution in [0.15, 0.2) is 29.2 Å². The van der Waals surface area contributed by atoms with E-state index in [1.165, 1.54) is 10.2 Å². The summed E-state index contributed by atoms with van der Waals surface area (Å²) in [7, 11) is -2.08. The normalized spacial score (nSPS) is 11.6. The fourth-order valence-electron chi connectivity index (χ4n) is 2.18. The predicted octanol–water partition coefficient (Wildman–Crippen LogP) is 2.06. The number of sulfonamides is 1. The molecule has 0 bridgehead atoms. The van der Waals surface area contributed by atoms with E-state index in [-0.39, 0.29) is 10.7 Å². The van der Waals surface area contributed by atoms with Crippen molar-refractivity contribution in [3.8, 4) is 0 Å². The molecule has 0 saturated carbocycles. The second-order valence-corrected chi connectivity index (χ2v) is 6.60. The smallest absolute Gasteiger partial charge is 0.267 e. The van der Waals surface area contributed by atoms with Gasteiger partial charge in [0.05, 0.1) is 5.69 Å². The summed E-state index contributed by atoms with van der Waals surface area (Å²) in [6, 6.07) is 7.34. The van der Waals surface area contributed by atoms with E-state index >= 15 is 0 Å². The number of nitrogens with two attached hydrogens (primary N) is 1. The second kappa shape index (κ2) is 5.77. The van der Waals surface area contributed by atoms with Crippen LogP contribution in [0.25, 0.3) is 0 Å². The van der Waals surface area contributed by atoms with Crippen LogP contribution in [0, 0.1) is 6.92 Å². The van der Waals surface area contributed by atoms with Gasteiger partial charge < -0.3 is 5.73 Å². The van der Waals surface area contributed by atoms with E-state index in [1.807, 2.05) is 12.1 Å². The van der Waals surface area contributed by atoms with Gasteiger partial charge in [0.25, 0.3) is 10.0 Å². The number of benzene rings is 1. The number of nitrogen functional groups attached to an aromatic ring is 1. The maximum atomic E-state index is 12.4. The van der Waals surface area contributed by atoms with Crippen molar-refractivity contribution in [3.63, 3.8) is 0 Å². The Balaban J connectivity index is 2.29. The number of aryl methyl sites for hydroxylation is 2. The molecule has 3 N–H and O–H groups in total. The Morgan fingerprint density at radius 1 is 1.29 bits per heavy atom. The zero-order valence-corrected chi connectivity index (χ0v) is 13.2. The standard InChI is InChI=1S/C14H20N4O2S/c1-4-5-11-6-8-12(9-7-11)17-21(19,20)13-10(2)18(3)16-14(13)15/h6-9,17H,4-5H2,1-3H3,(H2,15,16). The molecule has 7 heteroatoms. The Bertz CT molecular complexity index is 733. The van der Waals surface area contributed by atoms with Crippen molar-refractivity contribution >= 4 is 21.5 Å². The lowest BCUT2D eigenvalue weighted by Gasteiger charge is -2.09. The van der Waals surface area contributed by atoms with Gasteiger partial charge in [-0.3, -0.25) is 9.40 Å². The lowest BCUT2D eigenvalue weighted by molar-refractivity contribution is 0.600. The van der Waals surface area contributed by atoms with Crippen LogP contribution < -0.4 is 10.5 Å². The molecule has 0 atom stereocenters. The first-order valence-corrected chi connectivity index (χ1v) is 8.24. The molecule has 0 aliphatic rings. The Labute approximate surface area is 125 Å². The van der Waals surface area contributed by atoms with Gasteiger partial charge in [0.1, 0.15) is 0 Å². The van der Waals surface area contributed by atoms with Gasteiger partial charge in [-0.1, -0.05) is 25.5 Å². The molecular formula is C14H20N4O2S. The molecule has 1 aromatic carbocycles. The molecule has 2 rings (SSSR count). The number of hydrogen-bond acceptors (Lipinski definition) is 4. The molecule has 0 radical (unpaired) electrons. The quantitative estimate of drug-likeness (QED) is 0.884. The predicted molar refractivity (Wildman–Crippen MR) is 83.6 cm³/mol. The van der Waals surface area contributed by atoms with E-state index in [1.54, 1.807) is 26.1 Å². The van der Waals surface area contributed by atoms with E-state index in [4.69, 9.17) is 5.73 Å². The number of nitrogens with zero attached hydrogens (tertiary/aromatic N) is 2. The zero-order chi connectivity index (χ0) is 15.6. The summed E-state index contributed by atoms with van der Waals surface area (Å²) in [6.45, 7) is 3.77. The minimum atomic E-state index is -3.74. The first-order valence-electron chi connectivity index (χ1n) is 6.76. The van der Waals surface area contributed by atoms with Crippen molar-refractivity contribution in [3.05, 3.63) is 35.5 Å². The minimum Gasteiger partial charge on any atom is -0.381 e. The summed E-state index contributed by atoms with van der Waals surface area (Å²) in [5.74, 6) is 0.00473. The molecule has 0 unspecified atom stereocenters. The first kappa shape index (κ1) is 15.4. The summed E-state index contributed by atoms with van der Waals surface area (Å²) >= 11 is 0. The Kier molecular flexibility index (Phi) is 4.22. The van der Waals surface area contributed by atoms with Gasteiger partial charge in [-0.05, 0) is 31.0 Å². The average molecular weight is 308 g/mol. The van der Waals surface area contributed by atoms with Crippen molar-refractivity contribution in [1.82, 2.24) is 9.78 Å². The molecule has 0 aliphatic carbocycles. The Morgan fingerprint density at radius 3 is 2.38 bits per heavy atom. The molecule has 0 amide bonds. The number of anilines is 2. The van der Waals surface area contributed by atoms with Crippen LogP contribution in [0.5, 0.6) is 0 Å². The van der Waals surface area contributed by atoms with E-state index in [0.29, 0.717) is 11.4 Å². The van der Waals surface area contributed by atoms with Gasteiger partial charge in [-0.15, -0.1) is 0 Å². The van der Waals surface area contributed by atoms with Gasteiger partial charge in [-0.25, -0.2) is 8.42 Å². The molecule has 2 aromatic rings. The fraction of sp³-hybridized carbons (Fsp3) is 0.357. The van der Waals surface area contributed by atoms with Crippen LogP contribution in [-0.4, -0.2) is 18.2 Å². The van der Waals surface area contributed by atoms with Crippen molar-refractivity contribution < 1.29 is 8.42 Å². The molecule has 1 aromatic heterocycles. The molecule has 0 saturated heterocycles. The van der Waals surface area contributed by atoms with Gasteiger partial charge >= 0.3 is 0 Å². The second-order valence-electron chi connectivity index (χ2n) is 4.98. The van der Waals surface area contributed by atoms with Crippen LogP contribution >= 0.6 is 0 Å². The zero-order valence-electron chi connectivity index (χ0n) is 12.4. The topological polar surface area (TPSA) is 90.0 Å². The average Bonchev–Trinajstić information content (AvgIpc) is 2.66. The molecule has 21 heavy (non-hydrogen) atoms. The highest BCUT2D eigenvalue weighted by molar-refractivity contribution is 7.93. The van der Waals surface area contributed by atoms with Crippen molar-refractivity contribution in [2.45, 2.75) is 31.6 Å². The van der Waals surface area contributed by atoms with Gasteiger partial charge in [0.2, 0.25) is 0 Å². The number of aromatic nitrogens is 2. The van der Waals surface area contributed by atoms with Crippen molar-refractivity contribution in [2.24, 2.45) is 7.05 Å². The fourth-order valence-corrected chi connectivity index (χ4v) is 3.57. The minimum absolute atomic E-state index is 0.00473. The highest BCUT2D eigenvalue weighted by Gasteiger charge is 2.24. The Hall–Kier alpha value is -2.02. The third-order valence-corrected chi connectivity index (χ3v) is 4.86. The SMILES string of the molecule is CCCc1ccc(NS(=O)(=O)c2c(N)nn(C)c2C)cc1. The molecule has 1 heterocycles. The maximum absolute atomic E-state index is 12.4. The van der Waals surface area contributed by atoms with Crippen LogP contribution in [0.4, 0.5) is 11.5 Å². The third kappa shape index (κ3) is 3.18. The number of hydrogen-bond donors (Lipinski definition) is 2. The number of nitrogens with one attached hydrogen (secondary N) is 1. The molecular weight excluding hydrogens is 288 g/mol. The Morgan fingerprint density at radius 2 is 1.90 bits per heavy atom. The summed E-state index contributed by atoms with van der Waals surface area (Å²) in [5.41, 5.74) is 7.89. The maximum Gasteiger partial charge on any atom is 0.267 e. The van der Waals surface area contributed by atoms with E-state index in [2.05, 4.69) is 16.7 Å². The van der Waals surface area contributed by atoms with Crippen LogP contribution in [-0.2, 0) is 23.5 Å². The molecule has 0 spiro atoms. The summed E-state index contributed by atoms with van der Waals surface area (Å²) < 4.78 is 28.8. The van der Waals surface area contributed by atoms with Crippen LogP contribution in [0.1, 0.15) is 24.6 Å². The van der Waals surface area contributed by atoms with Crippen molar-refractivity contribution in [1.29, 1.82) is 0 Å². The monoisotopic (exact) mass is 308 g/mol. The molecule has 0 fully saturated rings. The summed E-state index contributed by atoms with van der Waals surface area (Å²) in [4.78, 5) is 0.0302. The third-order valence-electron chi connectivity index (χ3n) is 3.32. The number of rotatable bonds is 5. The lowest BCUT2D eigenvalue weighted by Crippen LogP contribution is -2.15. The highest BCUT2D eigenvalue weighted by Crippen LogP contribution is 2.24. The molecule has 114 valence electrons. The van der Waals surface area contributed by atoms with Crippen LogP contribution in [0.2, 0.25) is 0 Å². The van der Waals surface area contributed by atoms with E-state index in [0.717, 1.165) is 12.8 Å². The van der Waals surface area contributed by atoms with E-state index in [9.17, 15) is 8.42 Å². The molecule has 6 nitrogen and oxygen atoms in total. The van der Waals surface area contributed by atoms with E-state index < -0.39 is 10.0 Å². The lowest BCUT2D eigenvalue weighted by atomic mass is 10.1. The molecule has 0 aliphatic heterocycles. The highest BCUT2D eigenvalue weighted by atomic mass is 32.2. The summed E-state index contributed by atoms with van der Waals surface area (Å²) in [5, 5.41) is 3.93. The largest absolute Gasteiger partial charge is 0.381 e. The summed E-state index contributed by atoms with van der Waals surface area (Å²) in [6.07, 6.45) is 2.03. The van der Waals surface area contributed by atoms with Gasteiger partial charge in [0.15, 0.2) is 10.7 Å². The first-order chi connectivity index (χ1) is 9.85.